The van der Waals surface area contributed by atoms with Crippen molar-refractivity contribution in [1.82, 2.24) is 20.2 Å². The predicted octanol–water partition coefficient (Wildman–Crippen LogP) is 1.44. The number of nitrogens with one attached hydrogen (secondary N) is 2. The van der Waals surface area contributed by atoms with Crippen LogP contribution in [0.5, 0.6) is 0 Å². The van der Waals surface area contributed by atoms with Crippen LogP contribution in [0.25, 0.3) is 0 Å². The van der Waals surface area contributed by atoms with Crippen molar-refractivity contribution in [2.24, 2.45) is 0 Å². The molecule has 0 unspecified atom stereocenters. The van der Waals surface area contributed by atoms with Gasteiger partial charge in [-0.2, -0.15) is 0 Å². The van der Waals surface area contributed by atoms with Gasteiger partial charge in [-0.15, -0.1) is 0 Å². The van der Waals surface area contributed by atoms with E-state index in [0.717, 1.165) is 25.0 Å². The lowest BCUT2D eigenvalue weighted by Crippen LogP contribution is -2.44. The molecule has 0 spiro atoms. The minimum absolute atomic E-state index is 0.0728. The van der Waals surface area contributed by atoms with Gasteiger partial charge in [-0.05, 0) is 19.3 Å². The van der Waals surface area contributed by atoms with Gasteiger partial charge in [0.25, 0.3) is 5.56 Å². The lowest BCUT2D eigenvalue weighted by Gasteiger charge is -2.22. The predicted molar refractivity (Wildman–Crippen MR) is 81.3 cm³/mol. The van der Waals surface area contributed by atoms with E-state index in [2.05, 4.69) is 15.6 Å². The van der Waals surface area contributed by atoms with Crippen LogP contribution >= 0.6 is 0 Å². The number of urea groups is 1. The zero-order chi connectivity index (χ0) is 15.1. The molecule has 1 heterocycles. The van der Waals surface area contributed by atoms with Crippen LogP contribution in [-0.2, 0) is 13.0 Å². The standard InChI is InChI=1S/C15H24N4O2/c1-2-12-10-14(20)19(11-17-12)9-8-16-15(21)18-13-6-4-3-5-7-13/h10-11,13H,2-9H2,1H3,(H2,16,18,21). The summed E-state index contributed by atoms with van der Waals surface area (Å²) < 4.78 is 1.51. The van der Waals surface area contributed by atoms with Gasteiger partial charge >= 0.3 is 6.03 Å². The quantitative estimate of drug-likeness (QED) is 0.862. The first-order valence-electron chi connectivity index (χ1n) is 7.78. The highest BCUT2D eigenvalue weighted by Crippen LogP contribution is 2.16. The zero-order valence-corrected chi connectivity index (χ0v) is 12.6. The van der Waals surface area contributed by atoms with Crippen LogP contribution in [0, 0.1) is 0 Å². The Bertz CT molecular complexity index is 521. The summed E-state index contributed by atoms with van der Waals surface area (Å²) in [7, 11) is 0. The average molecular weight is 292 g/mol. The Morgan fingerprint density at radius 3 is 2.81 bits per heavy atom. The Kier molecular flexibility index (Phi) is 5.78. The first-order valence-corrected chi connectivity index (χ1v) is 7.78. The molecule has 6 nitrogen and oxygen atoms in total. The van der Waals surface area contributed by atoms with Crippen molar-refractivity contribution in [2.45, 2.75) is 58.0 Å². The van der Waals surface area contributed by atoms with Gasteiger partial charge in [-0.25, -0.2) is 9.78 Å². The molecule has 2 rings (SSSR count). The highest BCUT2D eigenvalue weighted by molar-refractivity contribution is 5.74. The highest BCUT2D eigenvalue weighted by atomic mass is 16.2. The average Bonchev–Trinajstić information content (AvgIpc) is 2.50. The number of hydrogen-bond acceptors (Lipinski definition) is 3. The topological polar surface area (TPSA) is 76.0 Å². The normalized spacial score (nSPS) is 15.7. The first-order chi connectivity index (χ1) is 10.2. The maximum Gasteiger partial charge on any atom is 0.315 e. The maximum atomic E-state index is 11.8. The molecule has 6 heteroatoms. The molecule has 0 aromatic carbocycles. The highest BCUT2D eigenvalue weighted by Gasteiger charge is 2.15. The summed E-state index contributed by atoms with van der Waals surface area (Å²) in [5.41, 5.74) is 0.718. The molecule has 1 fully saturated rings. The third-order valence-corrected chi connectivity index (χ3v) is 3.88. The number of aromatic nitrogens is 2. The third-order valence-electron chi connectivity index (χ3n) is 3.88. The van der Waals surface area contributed by atoms with Gasteiger partial charge in [0.2, 0.25) is 0 Å². The van der Waals surface area contributed by atoms with Gasteiger partial charge in [0.1, 0.15) is 0 Å². The van der Waals surface area contributed by atoms with Crippen molar-refractivity contribution in [1.29, 1.82) is 0 Å². The maximum absolute atomic E-state index is 11.8. The van der Waals surface area contributed by atoms with Crippen LogP contribution in [0.1, 0.15) is 44.7 Å². The van der Waals surface area contributed by atoms with Crippen molar-refractivity contribution in [3.63, 3.8) is 0 Å². The summed E-state index contributed by atoms with van der Waals surface area (Å²) in [6, 6.07) is 1.70. The van der Waals surface area contributed by atoms with Crippen LogP contribution in [0.3, 0.4) is 0 Å². The summed E-state index contributed by atoms with van der Waals surface area (Å²) in [5.74, 6) is 0. The van der Waals surface area contributed by atoms with E-state index in [1.165, 1.54) is 23.8 Å². The van der Waals surface area contributed by atoms with Gasteiger partial charge in [0, 0.05) is 30.9 Å². The Balaban J connectivity index is 1.73. The molecule has 1 aliphatic rings. The fourth-order valence-electron chi connectivity index (χ4n) is 2.60. The van der Waals surface area contributed by atoms with E-state index in [1.807, 2.05) is 6.92 Å². The molecule has 1 aromatic rings. The SMILES string of the molecule is CCc1cc(=O)n(CCNC(=O)NC2CCCCC2)cn1. The van der Waals surface area contributed by atoms with E-state index in [-0.39, 0.29) is 11.6 Å². The van der Waals surface area contributed by atoms with Gasteiger partial charge < -0.3 is 10.6 Å². The fraction of sp³-hybridized carbons (Fsp3) is 0.667. The molecule has 2 amide bonds. The summed E-state index contributed by atoms with van der Waals surface area (Å²) in [5, 5.41) is 5.78. The monoisotopic (exact) mass is 292 g/mol. The molecular formula is C15H24N4O2. The van der Waals surface area contributed by atoms with Crippen LogP contribution in [-0.4, -0.2) is 28.2 Å². The largest absolute Gasteiger partial charge is 0.336 e. The second-order valence-electron chi connectivity index (χ2n) is 5.50. The minimum Gasteiger partial charge on any atom is -0.336 e. The van der Waals surface area contributed by atoms with Gasteiger partial charge in [-0.1, -0.05) is 26.2 Å². The van der Waals surface area contributed by atoms with Crippen molar-refractivity contribution in [3.05, 3.63) is 28.4 Å². The summed E-state index contributed by atoms with van der Waals surface area (Å²) in [6.07, 6.45) is 8.07. The van der Waals surface area contributed by atoms with Crippen LogP contribution < -0.4 is 16.2 Å². The number of rotatable bonds is 5. The van der Waals surface area contributed by atoms with Crippen molar-refractivity contribution in [3.8, 4) is 0 Å². The lowest BCUT2D eigenvalue weighted by atomic mass is 9.96. The molecule has 2 N–H and O–H groups in total. The summed E-state index contributed by atoms with van der Waals surface area (Å²) >= 11 is 0. The van der Waals surface area contributed by atoms with E-state index in [1.54, 1.807) is 12.4 Å². The van der Waals surface area contributed by atoms with E-state index in [4.69, 9.17) is 0 Å². The van der Waals surface area contributed by atoms with E-state index >= 15 is 0 Å². The number of carbonyl (C=O) groups is 1. The lowest BCUT2D eigenvalue weighted by molar-refractivity contribution is 0.232. The van der Waals surface area contributed by atoms with Crippen LogP contribution in [0.15, 0.2) is 17.2 Å². The zero-order valence-electron chi connectivity index (χ0n) is 12.6. The van der Waals surface area contributed by atoms with Crippen LogP contribution in [0.2, 0.25) is 0 Å². The summed E-state index contributed by atoms with van der Waals surface area (Å²) in [4.78, 5) is 27.7. The molecule has 0 saturated heterocycles. The smallest absolute Gasteiger partial charge is 0.315 e. The van der Waals surface area contributed by atoms with E-state index < -0.39 is 0 Å². The molecule has 1 saturated carbocycles. The molecule has 0 radical (unpaired) electrons. The van der Waals surface area contributed by atoms with E-state index in [9.17, 15) is 9.59 Å². The van der Waals surface area contributed by atoms with Gasteiger partial charge in [-0.3, -0.25) is 9.36 Å². The summed E-state index contributed by atoms with van der Waals surface area (Å²) in [6.45, 7) is 2.82. The molecule has 0 aliphatic heterocycles. The third kappa shape index (κ3) is 4.88. The van der Waals surface area contributed by atoms with Crippen LogP contribution in [0.4, 0.5) is 4.79 Å². The molecule has 116 valence electrons. The number of carbonyl (C=O) groups excluding carboxylic acids is 1. The second kappa shape index (κ2) is 7.81. The van der Waals surface area contributed by atoms with Crippen molar-refractivity contribution < 1.29 is 4.79 Å². The molecule has 1 aliphatic carbocycles. The van der Waals surface area contributed by atoms with E-state index in [0.29, 0.717) is 19.1 Å². The second-order valence-corrected chi connectivity index (χ2v) is 5.50. The molecule has 1 aromatic heterocycles. The number of amides is 2. The Labute approximate surface area is 125 Å². The number of aryl methyl sites for hydroxylation is 1. The first kappa shape index (κ1) is 15.5. The Morgan fingerprint density at radius 2 is 2.14 bits per heavy atom. The number of nitrogens with zero attached hydrogens (tertiary/aromatic N) is 2. The molecular weight excluding hydrogens is 268 g/mol. The molecule has 0 bridgehead atoms. The molecule has 0 atom stereocenters. The molecule has 21 heavy (non-hydrogen) atoms. The Hall–Kier alpha value is -1.85. The van der Waals surface area contributed by atoms with Gasteiger partial charge in [0.05, 0.1) is 6.33 Å². The van der Waals surface area contributed by atoms with Gasteiger partial charge in [0.15, 0.2) is 0 Å². The number of hydrogen-bond donors (Lipinski definition) is 2. The van der Waals surface area contributed by atoms with Crippen molar-refractivity contribution >= 4 is 6.03 Å². The minimum atomic E-state index is -0.145. The Morgan fingerprint density at radius 1 is 1.38 bits per heavy atom. The fourth-order valence-corrected chi connectivity index (χ4v) is 2.60. The van der Waals surface area contributed by atoms with Crippen molar-refractivity contribution in [2.75, 3.05) is 6.54 Å².